The summed E-state index contributed by atoms with van der Waals surface area (Å²) in [6, 6.07) is 7.64. The molecule has 0 aliphatic rings. The molecule has 146 valence electrons. The van der Waals surface area contributed by atoms with E-state index in [9.17, 15) is 13.6 Å². The zero-order chi connectivity index (χ0) is 20.3. The fourth-order valence-corrected chi connectivity index (χ4v) is 4.02. The molecule has 2 heterocycles. The predicted molar refractivity (Wildman–Crippen MR) is 102 cm³/mol. The van der Waals surface area contributed by atoms with Crippen LogP contribution in [0, 0.1) is 6.92 Å². The van der Waals surface area contributed by atoms with Crippen LogP contribution in [0.4, 0.5) is 5.82 Å². The Bertz CT molecular complexity index is 1130. The zero-order valence-corrected chi connectivity index (χ0v) is 16.8. The highest BCUT2D eigenvalue weighted by Crippen LogP contribution is 2.31. The van der Waals surface area contributed by atoms with Crippen molar-refractivity contribution in [3.63, 3.8) is 0 Å². The number of aryl methyl sites for hydroxylation is 1. The number of nitrogens with one attached hydrogen (secondary N) is 1. The van der Waals surface area contributed by atoms with Crippen molar-refractivity contribution in [2.24, 2.45) is 0 Å². The molecule has 0 fully saturated rings. The second-order valence-corrected chi connectivity index (χ2v) is 8.14. The molecule has 8 nitrogen and oxygen atoms in total. The molecule has 2 aromatic heterocycles. The smallest absolute Gasteiger partial charge is 0.264 e. The first-order valence-corrected chi connectivity index (χ1v) is 10.1. The molecule has 0 atom stereocenters. The summed E-state index contributed by atoms with van der Waals surface area (Å²) in [5.74, 6) is -0.121. The predicted octanol–water partition coefficient (Wildman–Crippen LogP) is 3.00. The molecule has 0 aliphatic carbocycles. The van der Waals surface area contributed by atoms with Gasteiger partial charge in [0.1, 0.15) is 11.5 Å². The lowest BCUT2D eigenvalue weighted by Crippen LogP contribution is -2.29. The third kappa shape index (κ3) is 4.61. The molecule has 0 spiro atoms. The second kappa shape index (κ2) is 8.17. The van der Waals surface area contributed by atoms with E-state index in [1.807, 2.05) is 0 Å². The molecule has 11 heteroatoms. The minimum Gasteiger partial charge on any atom is -0.470 e. The number of pyridine rings is 1. The van der Waals surface area contributed by atoms with Gasteiger partial charge in [0.2, 0.25) is 18.2 Å². The van der Waals surface area contributed by atoms with Gasteiger partial charge in [0.15, 0.2) is 0 Å². The van der Waals surface area contributed by atoms with Crippen molar-refractivity contribution >= 4 is 39.0 Å². The number of ether oxygens (including phenoxy) is 1. The fraction of sp³-hybridized carbons (Fsp3) is 0.118. The lowest BCUT2D eigenvalue weighted by Gasteiger charge is -2.13. The van der Waals surface area contributed by atoms with E-state index in [0.717, 1.165) is 4.73 Å². The molecule has 1 aromatic carbocycles. The molecule has 3 aromatic rings. The maximum Gasteiger partial charge on any atom is 0.264 e. The highest BCUT2D eigenvalue weighted by Gasteiger charge is 2.23. The summed E-state index contributed by atoms with van der Waals surface area (Å²) in [4.78, 5) is 8.06. The van der Waals surface area contributed by atoms with E-state index >= 15 is 0 Å². The first-order chi connectivity index (χ1) is 13.3. The number of rotatable bonds is 6. The van der Waals surface area contributed by atoms with E-state index in [0.29, 0.717) is 11.3 Å². The number of nitrogens with zero attached hydrogens (tertiary/aromatic N) is 3. The number of benzene rings is 1. The molecule has 3 rings (SSSR count). The van der Waals surface area contributed by atoms with Gasteiger partial charge in [0.25, 0.3) is 15.9 Å². The quantitative estimate of drug-likeness (QED) is 0.449. The molecule has 0 radical (unpaired) electrons. The summed E-state index contributed by atoms with van der Waals surface area (Å²) in [5, 5.41) is 9.46. The highest BCUT2D eigenvalue weighted by atomic mass is 35.5. The van der Waals surface area contributed by atoms with Crippen LogP contribution in [-0.4, -0.2) is 23.6 Å². The van der Waals surface area contributed by atoms with Crippen molar-refractivity contribution < 1.29 is 23.1 Å². The summed E-state index contributed by atoms with van der Waals surface area (Å²) in [5.41, 5.74) is 1.17. The lowest BCUT2D eigenvalue weighted by molar-refractivity contribution is -0.905. The summed E-state index contributed by atoms with van der Waals surface area (Å²) < 4.78 is 34.2. The first kappa shape index (κ1) is 20.1. The molecule has 0 amide bonds. The fourth-order valence-electron chi connectivity index (χ4n) is 2.25. The Morgan fingerprint density at radius 1 is 1.25 bits per heavy atom. The third-order valence-corrected chi connectivity index (χ3v) is 5.83. The first-order valence-electron chi connectivity index (χ1n) is 7.89. The molecular formula is C17H15Cl2N4O4S+. The number of aromatic nitrogens is 3. The van der Waals surface area contributed by atoms with Gasteiger partial charge in [-0.2, -0.15) is 0 Å². The van der Waals surface area contributed by atoms with Gasteiger partial charge in [-0.1, -0.05) is 29.3 Å². The van der Waals surface area contributed by atoms with Crippen molar-refractivity contribution in [3.05, 3.63) is 70.2 Å². The van der Waals surface area contributed by atoms with Gasteiger partial charge < -0.3 is 4.74 Å². The van der Waals surface area contributed by atoms with Gasteiger partial charge in [-0.05, 0) is 25.1 Å². The van der Waals surface area contributed by atoms with Crippen LogP contribution < -0.4 is 14.2 Å². The van der Waals surface area contributed by atoms with E-state index in [1.165, 1.54) is 36.8 Å². The minimum absolute atomic E-state index is 0.0185. The van der Waals surface area contributed by atoms with Crippen LogP contribution in [0.5, 0.6) is 5.88 Å². The molecule has 28 heavy (non-hydrogen) atoms. The Kier molecular flexibility index (Phi) is 5.87. The van der Waals surface area contributed by atoms with Gasteiger partial charge in [-0.3, -0.25) is 9.93 Å². The summed E-state index contributed by atoms with van der Waals surface area (Å²) >= 11 is 11.9. The lowest BCUT2D eigenvalue weighted by atomic mass is 10.3. The van der Waals surface area contributed by atoms with E-state index in [2.05, 4.69) is 14.7 Å². The van der Waals surface area contributed by atoms with Crippen molar-refractivity contribution in [1.82, 2.24) is 9.97 Å². The molecule has 0 aliphatic heterocycles. The molecular weight excluding hydrogens is 427 g/mol. The average Bonchev–Trinajstić information content (AvgIpc) is 2.64. The van der Waals surface area contributed by atoms with Crippen LogP contribution in [0.15, 0.2) is 53.8 Å². The van der Waals surface area contributed by atoms with Gasteiger partial charge >= 0.3 is 0 Å². The standard InChI is InChI=1S/C17H15Cl2N4O4S/c1-11-8-20-16(17(21-11)27-10-12-4-3-7-23(24)9-12)22-28(25,26)14-6-2-5-13(18)15(14)19/h2-9,24H,10H2,1H3,(H,20,22)/q+1. The summed E-state index contributed by atoms with van der Waals surface area (Å²) in [7, 11) is -4.08. The molecule has 2 N–H and O–H groups in total. The Morgan fingerprint density at radius 3 is 2.79 bits per heavy atom. The van der Waals surface area contributed by atoms with Crippen LogP contribution in [0.2, 0.25) is 10.0 Å². The SMILES string of the molecule is Cc1cnc(NS(=O)(=O)c2cccc(Cl)c2Cl)c(OCc2ccc[n+](O)c2)n1. The van der Waals surface area contributed by atoms with Gasteiger partial charge in [-0.25, -0.2) is 18.4 Å². The maximum absolute atomic E-state index is 12.7. The van der Waals surface area contributed by atoms with E-state index < -0.39 is 10.0 Å². The number of sulfonamides is 1. The van der Waals surface area contributed by atoms with E-state index in [-0.39, 0.29) is 33.2 Å². The van der Waals surface area contributed by atoms with E-state index in [4.69, 9.17) is 27.9 Å². The monoisotopic (exact) mass is 441 g/mol. The van der Waals surface area contributed by atoms with Gasteiger partial charge in [0.05, 0.1) is 27.5 Å². The van der Waals surface area contributed by atoms with Crippen LogP contribution in [-0.2, 0) is 16.6 Å². The summed E-state index contributed by atoms with van der Waals surface area (Å²) in [6.45, 7) is 1.72. The maximum atomic E-state index is 12.7. The van der Waals surface area contributed by atoms with Crippen molar-refractivity contribution in [1.29, 1.82) is 0 Å². The zero-order valence-electron chi connectivity index (χ0n) is 14.5. The van der Waals surface area contributed by atoms with Crippen LogP contribution in [0.1, 0.15) is 11.3 Å². The van der Waals surface area contributed by atoms with Crippen molar-refractivity contribution in [3.8, 4) is 5.88 Å². The Morgan fingerprint density at radius 2 is 2.04 bits per heavy atom. The van der Waals surface area contributed by atoms with Crippen LogP contribution in [0.3, 0.4) is 0 Å². The molecule has 0 saturated heterocycles. The highest BCUT2D eigenvalue weighted by molar-refractivity contribution is 7.92. The van der Waals surface area contributed by atoms with Crippen molar-refractivity contribution in [2.75, 3.05) is 4.72 Å². The third-order valence-electron chi connectivity index (χ3n) is 3.52. The number of hydrogen-bond acceptors (Lipinski definition) is 6. The largest absolute Gasteiger partial charge is 0.470 e. The molecule has 0 bridgehead atoms. The van der Waals surface area contributed by atoms with Crippen LogP contribution >= 0.6 is 23.2 Å². The van der Waals surface area contributed by atoms with Crippen molar-refractivity contribution in [2.45, 2.75) is 18.4 Å². The second-order valence-electron chi connectivity index (χ2n) is 5.70. The Hall–Kier alpha value is -2.62. The van der Waals surface area contributed by atoms with E-state index in [1.54, 1.807) is 19.1 Å². The topological polar surface area (TPSA) is 105 Å². The molecule has 0 saturated carbocycles. The van der Waals surface area contributed by atoms with Gasteiger partial charge in [0, 0.05) is 10.8 Å². The van der Waals surface area contributed by atoms with Crippen LogP contribution in [0.25, 0.3) is 0 Å². The minimum atomic E-state index is -4.08. The number of halogens is 2. The average molecular weight is 442 g/mol. The Labute approximate surface area is 171 Å². The molecule has 0 unspecified atom stereocenters. The normalized spacial score (nSPS) is 11.2. The number of hydrogen-bond donors (Lipinski definition) is 2. The Balaban J connectivity index is 1.89. The van der Waals surface area contributed by atoms with Gasteiger partial charge in [-0.15, -0.1) is 0 Å². The number of anilines is 1. The summed E-state index contributed by atoms with van der Waals surface area (Å²) in [6.07, 6.45) is 4.29.